The lowest BCUT2D eigenvalue weighted by Crippen LogP contribution is -2.43. The van der Waals surface area contributed by atoms with Crippen LogP contribution in [0.15, 0.2) is 18.2 Å². The molecule has 19 heavy (non-hydrogen) atoms. The quantitative estimate of drug-likeness (QED) is 0.629. The molecule has 1 rings (SSSR count). The summed E-state index contributed by atoms with van der Waals surface area (Å²) in [4.78, 5) is 34.3. The van der Waals surface area contributed by atoms with Gasteiger partial charge >= 0.3 is 0 Å². The number of hydrogen-bond acceptors (Lipinski definition) is 4. The number of nitrogens with two attached hydrogens (primary N) is 2. The van der Waals surface area contributed by atoms with E-state index in [9.17, 15) is 23.9 Å². The predicted molar refractivity (Wildman–Crippen MR) is 62.4 cm³/mol. The van der Waals surface area contributed by atoms with Crippen LogP contribution in [0, 0.1) is 5.82 Å². The largest absolute Gasteiger partial charge is 0.507 e. The van der Waals surface area contributed by atoms with Crippen molar-refractivity contribution in [2.45, 2.75) is 0 Å². The molecule has 0 aliphatic rings. The Bertz CT molecular complexity index is 496. The number of phenols is 1. The molecule has 8 heteroatoms. The van der Waals surface area contributed by atoms with E-state index in [1.165, 1.54) is 6.07 Å². The van der Waals surface area contributed by atoms with E-state index in [4.69, 9.17) is 11.5 Å². The number of carbonyl (C=O) groups is 3. The zero-order chi connectivity index (χ0) is 14.6. The maximum absolute atomic E-state index is 13.5. The van der Waals surface area contributed by atoms with Crippen LogP contribution in [0.4, 0.5) is 4.39 Å². The van der Waals surface area contributed by atoms with Gasteiger partial charge in [0, 0.05) is 0 Å². The molecule has 0 aliphatic heterocycles. The lowest BCUT2D eigenvalue weighted by molar-refractivity contribution is -0.121. The first-order valence-corrected chi connectivity index (χ1v) is 5.16. The Kier molecular flexibility index (Phi) is 4.41. The van der Waals surface area contributed by atoms with Gasteiger partial charge in [-0.05, 0) is 12.1 Å². The van der Waals surface area contributed by atoms with Gasteiger partial charge in [0.2, 0.25) is 11.8 Å². The standard InChI is InChI=1S/C11H12FN3O4/c12-6-2-1-3-7(16)10(6)11(19)15(4-8(13)17)5-9(14)18/h1-3,16H,4-5H2,(H2,13,17)(H2,14,18). The van der Waals surface area contributed by atoms with Crippen LogP contribution in [0.25, 0.3) is 0 Å². The molecule has 102 valence electrons. The first kappa shape index (κ1) is 14.4. The summed E-state index contributed by atoms with van der Waals surface area (Å²) < 4.78 is 13.5. The van der Waals surface area contributed by atoms with Gasteiger partial charge in [-0.25, -0.2) is 4.39 Å². The maximum Gasteiger partial charge on any atom is 0.261 e. The van der Waals surface area contributed by atoms with Crippen molar-refractivity contribution in [1.82, 2.24) is 4.90 Å². The lowest BCUT2D eigenvalue weighted by atomic mass is 10.1. The molecule has 0 radical (unpaired) electrons. The van der Waals surface area contributed by atoms with Gasteiger partial charge in [-0.1, -0.05) is 6.07 Å². The van der Waals surface area contributed by atoms with E-state index in [0.717, 1.165) is 12.1 Å². The van der Waals surface area contributed by atoms with E-state index in [-0.39, 0.29) is 0 Å². The van der Waals surface area contributed by atoms with Gasteiger partial charge in [0.25, 0.3) is 5.91 Å². The molecule has 0 fully saturated rings. The Labute approximate surface area is 107 Å². The second kappa shape index (κ2) is 5.80. The molecule has 0 aromatic heterocycles. The number of rotatable bonds is 5. The molecule has 5 N–H and O–H groups in total. The Morgan fingerprint density at radius 2 is 1.68 bits per heavy atom. The molecule has 7 nitrogen and oxygen atoms in total. The van der Waals surface area contributed by atoms with Crippen molar-refractivity contribution in [1.29, 1.82) is 0 Å². The molecule has 1 aromatic rings. The van der Waals surface area contributed by atoms with Crippen LogP contribution in [0.1, 0.15) is 10.4 Å². The Morgan fingerprint density at radius 1 is 1.16 bits per heavy atom. The SMILES string of the molecule is NC(=O)CN(CC(N)=O)C(=O)c1c(O)cccc1F. The number of carbonyl (C=O) groups excluding carboxylic acids is 3. The van der Waals surface area contributed by atoms with Crippen molar-refractivity contribution in [3.8, 4) is 5.75 Å². The van der Waals surface area contributed by atoms with E-state index < -0.39 is 47.9 Å². The zero-order valence-corrected chi connectivity index (χ0v) is 9.80. The van der Waals surface area contributed by atoms with Gasteiger partial charge in [0.1, 0.15) is 30.2 Å². The summed E-state index contributed by atoms with van der Waals surface area (Å²) in [6.45, 7) is -1.23. The number of halogens is 1. The highest BCUT2D eigenvalue weighted by molar-refractivity contribution is 6.00. The van der Waals surface area contributed by atoms with Gasteiger partial charge in [-0.2, -0.15) is 0 Å². The number of aromatic hydroxyl groups is 1. The average Bonchev–Trinajstić information content (AvgIpc) is 2.26. The Balaban J connectivity index is 3.11. The molecular formula is C11H12FN3O4. The molecule has 0 saturated heterocycles. The van der Waals surface area contributed by atoms with Gasteiger partial charge in [0.05, 0.1) is 0 Å². The fourth-order valence-corrected chi connectivity index (χ4v) is 1.46. The number of phenolic OH excluding ortho intramolecular Hbond substituents is 1. The second-order valence-electron chi connectivity index (χ2n) is 3.73. The fourth-order valence-electron chi connectivity index (χ4n) is 1.46. The van der Waals surface area contributed by atoms with Crippen molar-refractivity contribution >= 4 is 17.7 Å². The van der Waals surface area contributed by atoms with Crippen LogP contribution >= 0.6 is 0 Å². The third kappa shape index (κ3) is 3.66. The normalized spacial score (nSPS) is 9.95. The van der Waals surface area contributed by atoms with E-state index >= 15 is 0 Å². The van der Waals surface area contributed by atoms with Crippen LogP contribution in [-0.2, 0) is 9.59 Å². The topological polar surface area (TPSA) is 127 Å². The molecule has 0 saturated carbocycles. The van der Waals surface area contributed by atoms with Gasteiger partial charge in [0.15, 0.2) is 0 Å². The second-order valence-corrected chi connectivity index (χ2v) is 3.73. The summed E-state index contributed by atoms with van der Waals surface area (Å²) in [5, 5.41) is 9.46. The zero-order valence-electron chi connectivity index (χ0n) is 9.80. The van der Waals surface area contributed by atoms with Gasteiger partial charge in [-0.3, -0.25) is 14.4 Å². The van der Waals surface area contributed by atoms with Crippen LogP contribution in [-0.4, -0.2) is 40.8 Å². The first-order valence-electron chi connectivity index (χ1n) is 5.16. The van der Waals surface area contributed by atoms with Crippen molar-refractivity contribution in [3.05, 3.63) is 29.6 Å². The molecule has 0 bridgehead atoms. The number of nitrogens with zero attached hydrogens (tertiary/aromatic N) is 1. The monoisotopic (exact) mass is 269 g/mol. The van der Waals surface area contributed by atoms with Crippen LogP contribution < -0.4 is 11.5 Å². The van der Waals surface area contributed by atoms with Crippen LogP contribution in [0.2, 0.25) is 0 Å². The van der Waals surface area contributed by atoms with Crippen LogP contribution in [0.5, 0.6) is 5.75 Å². The molecule has 3 amide bonds. The molecular weight excluding hydrogens is 257 g/mol. The number of hydrogen-bond donors (Lipinski definition) is 3. The summed E-state index contributed by atoms with van der Waals surface area (Å²) in [6.07, 6.45) is 0. The highest BCUT2D eigenvalue weighted by atomic mass is 19.1. The van der Waals surface area contributed by atoms with Crippen LogP contribution in [0.3, 0.4) is 0 Å². The molecule has 1 aromatic carbocycles. The predicted octanol–water partition coefficient (Wildman–Crippen LogP) is -1.06. The molecule has 0 aliphatic carbocycles. The number of primary amides is 2. The average molecular weight is 269 g/mol. The van der Waals surface area contributed by atoms with E-state index in [1.807, 2.05) is 0 Å². The minimum absolute atomic E-state index is 0.607. The third-order valence-corrected chi connectivity index (χ3v) is 2.19. The highest BCUT2D eigenvalue weighted by Crippen LogP contribution is 2.21. The number of amides is 3. The Morgan fingerprint density at radius 3 is 2.11 bits per heavy atom. The van der Waals surface area contributed by atoms with E-state index in [1.54, 1.807) is 0 Å². The molecule has 0 spiro atoms. The van der Waals surface area contributed by atoms with Crippen molar-refractivity contribution in [2.75, 3.05) is 13.1 Å². The summed E-state index contributed by atoms with van der Waals surface area (Å²) in [6, 6.07) is 3.26. The summed E-state index contributed by atoms with van der Waals surface area (Å²) in [7, 11) is 0. The number of benzene rings is 1. The summed E-state index contributed by atoms with van der Waals surface area (Å²) in [5.41, 5.74) is 9.19. The minimum Gasteiger partial charge on any atom is -0.507 e. The highest BCUT2D eigenvalue weighted by Gasteiger charge is 2.24. The van der Waals surface area contributed by atoms with Crippen molar-refractivity contribution < 1.29 is 23.9 Å². The Hall–Kier alpha value is -2.64. The van der Waals surface area contributed by atoms with Crippen molar-refractivity contribution in [3.63, 3.8) is 0 Å². The fraction of sp³-hybridized carbons (Fsp3) is 0.182. The molecule has 0 unspecified atom stereocenters. The summed E-state index contributed by atoms with van der Waals surface area (Å²) in [5.74, 6) is -4.43. The first-order chi connectivity index (χ1) is 8.82. The third-order valence-electron chi connectivity index (χ3n) is 2.19. The lowest BCUT2D eigenvalue weighted by Gasteiger charge is -2.20. The van der Waals surface area contributed by atoms with Gasteiger partial charge in [-0.15, -0.1) is 0 Å². The van der Waals surface area contributed by atoms with Crippen molar-refractivity contribution in [2.24, 2.45) is 11.5 Å². The summed E-state index contributed by atoms with van der Waals surface area (Å²) >= 11 is 0. The maximum atomic E-state index is 13.5. The molecule has 0 atom stereocenters. The van der Waals surface area contributed by atoms with Gasteiger partial charge < -0.3 is 21.5 Å². The smallest absolute Gasteiger partial charge is 0.261 e. The minimum atomic E-state index is -1.05. The van der Waals surface area contributed by atoms with E-state index in [0.29, 0.717) is 4.90 Å². The van der Waals surface area contributed by atoms with E-state index in [2.05, 4.69) is 0 Å². The molecule has 0 heterocycles.